The van der Waals surface area contributed by atoms with E-state index >= 15 is 0 Å². The van der Waals surface area contributed by atoms with Crippen LogP contribution in [0.5, 0.6) is 17.2 Å². The first-order chi connectivity index (χ1) is 8.15. The Morgan fingerprint density at radius 1 is 1.06 bits per heavy atom. The highest BCUT2D eigenvalue weighted by Gasteiger charge is 2.17. The Hall–Kier alpha value is -2.16. The molecule has 17 heavy (non-hydrogen) atoms. The maximum Gasteiger partial charge on any atom is 0.172 e. The maximum atomic E-state index is 9.99. The van der Waals surface area contributed by atoms with Crippen LogP contribution in [0.25, 0.3) is 11.1 Å². The van der Waals surface area contributed by atoms with Crippen molar-refractivity contribution in [3.8, 4) is 28.4 Å². The van der Waals surface area contributed by atoms with E-state index in [-0.39, 0.29) is 11.5 Å². The van der Waals surface area contributed by atoms with Gasteiger partial charge < -0.3 is 14.9 Å². The van der Waals surface area contributed by atoms with Crippen molar-refractivity contribution < 1.29 is 14.9 Å². The van der Waals surface area contributed by atoms with Crippen LogP contribution in [-0.2, 0) is 0 Å². The van der Waals surface area contributed by atoms with E-state index < -0.39 is 0 Å². The van der Waals surface area contributed by atoms with Gasteiger partial charge in [0.25, 0.3) is 0 Å². The standard InChI is InChI=1S/C14H14O3/c1-9-8-11(15)12(14(17-2)13(9)16)10-6-4-3-5-7-10/h3-8,15-16H,1-2H3. The van der Waals surface area contributed by atoms with Gasteiger partial charge in [0.05, 0.1) is 12.7 Å². The smallest absolute Gasteiger partial charge is 0.172 e. The van der Waals surface area contributed by atoms with Crippen molar-refractivity contribution in [3.05, 3.63) is 42.0 Å². The molecule has 3 nitrogen and oxygen atoms in total. The molecule has 0 aliphatic rings. The number of phenolic OH excluding ortho intramolecular Hbond substituents is 2. The van der Waals surface area contributed by atoms with Crippen LogP contribution in [0, 0.1) is 6.92 Å². The molecule has 3 heteroatoms. The summed E-state index contributed by atoms with van der Waals surface area (Å²) in [6, 6.07) is 10.9. The van der Waals surface area contributed by atoms with Crippen LogP contribution in [0.15, 0.2) is 36.4 Å². The van der Waals surface area contributed by atoms with Crippen LogP contribution in [0.1, 0.15) is 5.56 Å². The minimum absolute atomic E-state index is 0.0594. The summed E-state index contributed by atoms with van der Waals surface area (Å²) in [6.07, 6.45) is 0. The summed E-state index contributed by atoms with van der Waals surface area (Å²) in [6.45, 7) is 1.71. The van der Waals surface area contributed by atoms with Gasteiger partial charge in [-0.25, -0.2) is 0 Å². The van der Waals surface area contributed by atoms with Crippen LogP contribution >= 0.6 is 0 Å². The van der Waals surface area contributed by atoms with Gasteiger partial charge in [-0.15, -0.1) is 0 Å². The zero-order valence-corrected chi connectivity index (χ0v) is 9.77. The van der Waals surface area contributed by atoms with Gasteiger partial charge in [0.15, 0.2) is 11.5 Å². The van der Waals surface area contributed by atoms with Crippen molar-refractivity contribution in [1.82, 2.24) is 0 Å². The van der Waals surface area contributed by atoms with Crippen molar-refractivity contribution in [2.45, 2.75) is 6.92 Å². The fraction of sp³-hybridized carbons (Fsp3) is 0.143. The molecule has 0 bridgehead atoms. The Morgan fingerprint density at radius 2 is 1.71 bits per heavy atom. The average molecular weight is 230 g/mol. The molecule has 0 spiro atoms. The number of aryl methyl sites for hydroxylation is 1. The molecule has 0 aliphatic carbocycles. The van der Waals surface area contributed by atoms with Gasteiger partial charge >= 0.3 is 0 Å². The van der Waals surface area contributed by atoms with Crippen LogP contribution in [0.3, 0.4) is 0 Å². The van der Waals surface area contributed by atoms with E-state index in [0.29, 0.717) is 16.9 Å². The SMILES string of the molecule is COc1c(O)c(C)cc(O)c1-c1ccccc1. The molecule has 0 fully saturated rings. The molecule has 0 heterocycles. The van der Waals surface area contributed by atoms with Gasteiger partial charge in [-0.2, -0.15) is 0 Å². The Balaban J connectivity index is 2.73. The molecule has 2 aromatic carbocycles. The maximum absolute atomic E-state index is 9.99. The number of hydrogen-bond donors (Lipinski definition) is 2. The third-order valence-electron chi connectivity index (χ3n) is 2.69. The lowest BCUT2D eigenvalue weighted by Gasteiger charge is -2.14. The lowest BCUT2D eigenvalue weighted by Crippen LogP contribution is -1.91. The van der Waals surface area contributed by atoms with Crippen LogP contribution in [0.2, 0.25) is 0 Å². The summed E-state index contributed by atoms with van der Waals surface area (Å²) in [5.41, 5.74) is 1.90. The minimum atomic E-state index is 0.0594. The van der Waals surface area contributed by atoms with E-state index in [1.807, 2.05) is 30.3 Å². The molecule has 2 rings (SSSR count). The molecule has 0 saturated heterocycles. The van der Waals surface area contributed by atoms with E-state index in [9.17, 15) is 10.2 Å². The third-order valence-corrected chi connectivity index (χ3v) is 2.69. The van der Waals surface area contributed by atoms with Gasteiger partial charge in [0, 0.05) is 0 Å². The second-order valence-corrected chi connectivity index (χ2v) is 3.84. The molecule has 88 valence electrons. The summed E-state index contributed by atoms with van der Waals surface area (Å²) in [5, 5.41) is 19.9. The van der Waals surface area contributed by atoms with Gasteiger partial charge in [0.2, 0.25) is 0 Å². The summed E-state index contributed by atoms with van der Waals surface area (Å²) < 4.78 is 5.18. The highest BCUT2D eigenvalue weighted by molar-refractivity contribution is 5.80. The van der Waals surface area contributed by atoms with Crippen LogP contribution in [0.4, 0.5) is 0 Å². The van der Waals surface area contributed by atoms with Crippen LogP contribution in [-0.4, -0.2) is 17.3 Å². The van der Waals surface area contributed by atoms with Crippen LogP contribution < -0.4 is 4.74 Å². The fourth-order valence-electron chi connectivity index (χ4n) is 1.84. The lowest BCUT2D eigenvalue weighted by molar-refractivity contribution is 0.368. The number of aromatic hydroxyl groups is 2. The molecule has 0 atom stereocenters. The molecule has 0 saturated carbocycles. The predicted octanol–water partition coefficient (Wildman–Crippen LogP) is 3.08. The van der Waals surface area contributed by atoms with E-state index in [0.717, 1.165) is 5.56 Å². The van der Waals surface area contributed by atoms with E-state index in [1.165, 1.54) is 13.2 Å². The summed E-state index contributed by atoms with van der Waals surface area (Å²) in [4.78, 5) is 0. The summed E-state index contributed by atoms with van der Waals surface area (Å²) in [5.74, 6) is 0.459. The number of hydrogen-bond acceptors (Lipinski definition) is 3. The molecular formula is C14H14O3. The molecule has 0 aliphatic heterocycles. The highest BCUT2D eigenvalue weighted by Crippen LogP contribution is 2.45. The normalized spacial score (nSPS) is 10.2. The third kappa shape index (κ3) is 1.91. The topological polar surface area (TPSA) is 49.7 Å². The Bertz CT molecular complexity index is 533. The Morgan fingerprint density at radius 3 is 2.29 bits per heavy atom. The van der Waals surface area contributed by atoms with Crippen molar-refractivity contribution in [3.63, 3.8) is 0 Å². The van der Waals surface area contributed by atoms with E-state index in [4.69, 9.17) is 4.74 Å². The summed E-state index contributed by atoms with van der Waals surface area (Å²) >= 11 is 0. The number of methoxy groups -OCH3 is 1. The van der Waals surface area contributed by atoms with E-state index in [2.05, 4.69) is 0 Å². The second kappa shape index (κ2) is 4.37. The Kier molecular flexibility index (Phi) is 2.91. The number of ether oxygens (including phenoxy) is 1. The van der Waals surface area contributed by atoms with Crippen molar-refractivity contribution >= 4 is 0 Å². The lowest BCUT2D eigenvalue weighted by atomic mass is 10.0. The quantitative estimate of drug-likeness (QED) is 0.779. The predicted molar refractivity (Wildman–Crippen MR) is 66.5 cm³/mol. The molecular weight excluding hydrogens is 216 g/mol. The summed E-state index contributed by atoms with van der Waals surface area (Å²) in [7, 11) is 1.47. The van der Waals surface area contributed by atoms with Crippen molar-refractivity contribution in [2.24, 2.45) is 0 Å². The Labute approximate surface area is 99.9 Å². The second-order valence-electron chi connectivity index (χ2n) is 3.84. The van der Waals surface area contributed by atoms with Crippen molar-refractivity contribution in [2.75, 3.05) is 7.11 Å². The van der Waals surface area contributed by atoms with E-state index in [1.54, 1.807) is 6.92 Å². The largest absolute Gasteiger partial charge is 0.507 e. The molecule has 2 aromatic rings. The number of rotatable bonds is 2. The monoisotopic (exact) mass is 230 g/mol. The first-order valence-corrected chi connectivity index (χ1v) is 5.30. The molecule has 0 unspecified atom stereocenters. The fourth-order valence-corrected chi connectivity index (χ4v) is 1.84. The first-order valence-electron chi connectivity index (χ1n) is 5.30. The van der Waals surface area contributed by atoms with Crippen molar-refractivity contribution in [1.29, 1.82) is 0 Å². The minimum Gasteiger partial charge on any atom is -0.507 e. The van der Waals surface area contributed by atoms with Gasteiger partial charge in [-0.1, -0.05) is 30.3 Å². The molecule has 0 radical (unpaired) electrons. The van der Waals surface area contributed by atoms with Gasteiger partial charge in [-0.05, 0) is 24.1 Å². The molecule has 2 N–H and O–H groups in total. The zero-order valence-electron chi connectivity index (χ0n) is 9.77. The highest BCUT2D eigenvalue weighted by atomic mass is 16.5. The zero-order chi connectivity index (χ0) is 12.4. The number of phenols is 2. The van der Waals surface area contributed by atoms with Gasteiger partial charge in [0.1, 0.15) is 5.75 Å². The molecule has 0 amide bonds. The van der Waals surface area contributed by atoms with Gasteiger partial charge in [-0.3, -0.25) is 0 Å². The molecule has 0 aromatic heterocycles. The number of benzene rings is 2. The average Bonchev–Trinajstić information content (AvgIpc) is 2.34. The first kappa shape index (κ1) is 11.3.